The minimum absolute atomic E-state index is 0.0400. The van der Waals surface area contributed by atoms with Gasteiger partial charge >= 0.3 is 24.1 Å². The van der Waals surface area contributed by atoms with E-state index >= 15 is 0 Å². The number of halogens is 5. The highest BCUT2D eigenvalue weighted by Crippen LogP contribution is 2.39. The summed E-state index contributed by atoms with van der Waals surface area (Å²) in [5.74, 6) is -6.36. The van der Waals surface area contributed by atoms with Gasteiger partial charge in [-0.2, -0.15) is 13.2 Å². The van der Waals surface area contributed by atoms with Crippen LogP contribution >= 0.6 is 11.6 Å². The molecule has 1 amide bonds. The Morgan fingerprint density at radius 2 is 2.10 bits per heavy atom. The molecule has 2 heterocycles. The van der Waals surface area contributed by atoms with Gasteiger partial charge < -0.3 is 15.3 Å². The van der Waals surface area contributed by atoms with E-state index in [0.29, 0.717) is 4.90 Å². The van der Waals surface area contributed by atoms with Crippen molar-refractivity contribution in [2.75, 3.05) is 11.4 Å². The van der Waals surface area contributed by atoms with Crippen molar-refractivity contribution >= 4 is 29.4 Å². The highest BCUT2D eigenvalue weighted by molar-refractivity contribution is 6.31. The molecular formula is C14H10ClF4N5O5. The van der Waals surface area contributed by atoms with Crippen LogP contribution in [-0.4, -0.2) is 35.1 Å². The summed E-state index contributed by atoms with van der Waals surface area (Å²) in [6.45, 7) is -0.0400. The summed E-state index contributed by atoms with van der Waals surface area (Å²) in [6.07, 6.45) is -6.83. The normalized spacial score (nSPS) is 19.4. The van der Waals surface area contributed by atoms with Crippen LogP contribution in [0.25, 0.3) is 0 Å². The minimum atomic E-state index is -5.45. The van der Waals surface area contributed by atoms with Gasteiger partial charge in [-0.05, 0) is 29.9 Å². The van der Waals surface area contributed by atoms with E-state index in [2.05, 4.69) is 24.5 Å². The second-order valence-electron chi connectivity index (χ2n) is 5.53. The number of carbonyl (C=O) groups is 2. The number of nitrogens with zero attached hydrogens (tertiary/aromatic N) is 3. The lowest BCUT2D eigenvalue weighted by atomic mass is 10.1. The number of carbonyl (C=O) groups excluding carboxylic acids is 2. The topological polar surface area (TPSA) is 133 Å². The minimum Gasteiger partial charge on any atom is -0.408 e. The van der Waals surface area contributed by atoms with E-state index < -0.39 is 40.6 Å². The quantitative estimate of drug-likeness (QED) is 0.528. The van der Waals surface area contributed by atoms with Crippen LogP contribution in [0.5, 0.6) is 0 Å². The van der Waals surface area contributed by atoms with Crippen molar-refractivity contribution in [3.8, 4) is 0 Å². The molecule has 0 radical (unpaired) electrons. The van der Waals surface area contributed by atoms with Gasteiger partial charge in [0.2, 0.25) is 0 Å². The van der Waals surface area contributed by atoms with E-state index in [9.17, 15) is 27.2 Å². The van der Waals surface area contributed by atoms with Gasteiger partial charge in [0.15, 0.2) is 5.69 Å². The number of esters is 1. The van der Waals surface area contributed by atoms with Crippen molar-refractivity contribution < 1.29 is 41.4 Å². The van der Waals surface area contributed by atoms with Gasteiger partial charge in [-0.3, -0.25) is 0 Å². The zero-order chi connectivity index (χ0) is 21.4. The molecule has 0 aliphatic carbocycles. The number of rotatable bonds is 5. The average Bonchev–Trinajstić information content (AvgIpc) is 3.23. The summed E-state index contributed by atoms with van der Waals surface area (Å²) >= 11 is 5.69. The fraction of sp³-hybridized carbons (Fsp3) is 0.286. The molecule has 0 bridgehead atoms. The number of nitrogens with two attached hydrogens (primary N) is 1. The number of benzene rings is 1. The van der Waals surface area contributed by atoms with Crippen molar-refractivity contribution in [3.05, 3.63) is 40.4 Å². The Bertz CT molecular complexity index is 955. The molecule has 1 aliphatic rings. The molecule has 1 aromatic carbocycles. The van der Waals surface area contributed by atoms with Gasteiger partial charge in [0.05, 0.1) is 10.7 Å². The number of aromatic nitrogens is 2. The van der Waals surface area contributed by atoms with Crippen molar-refractivity contribution in [1.82, 2.24) is 15.8 Å². The molecule has 29 heavy (non-hydrogen) atoms. The van der Waals surface area contributed by atoms with Gasteiger partial charge in [-0.15, -0.1) is 0 Å². The Labute approximate surface area is 163 Å². The highest BCUT2D eigenvalue weighted by atomic mass is 35.5. The van der Waals surface area contributed by atoms with Gasteiger partial charge in [0.25, 0.3) is 0 Å². The lowest BCUT2D eigenvalue weighted by molar-refractivity contribution is -0.222. The Kier molecular flexibility index (Phi) is 5.34. The summed E-state index contributed by atoms with van der Waals surface area (Å²) < 4.78 is 61.3. The molecule has 1 atom stereocenters. The standard InChI is InChI=1S/C14H10ClF4N5O5/c15-7-5-6(1-2-8(7)16)24-12(26)28-23-14(24,27-11(25)13(17,18)19)10-9(3-4-20)21-29-22-10/h1-2,5,23H,3-4,20H2. The first-order valence-corrected chi connectivity index (χ1v) is 8.03. The monoisotopic (exact) mass is 439 g/mol. The summed E-state index contributed by atoms with van der Waals surface area (Å²) in [7, 11) is 0. The molecule has 1 saturated heterocycles. The number of anilines is 1. The molecule has 15 heteroatoms. The summed E-state index contributed by atoms with van der Waals surface area (Å²) in [4.78, 5) is 29.0. The zero-order valence-corrected chi connectivity index (χ0v) is 14.8. The Hall–Kier alpha value is -2.97. The molecule has 10 nitrogen and oxygen atoms in total. The molecule has 156 valence electrons. The Balaban J connectivity index is 2.19. The van der Waals surface area contributed by atoms with Crippen LogP contribution in [0.4, 0.5) is 28.0 Å². The van der Waals surface area contributed by atoms with Crippen LogP contribution in [0.1, 0.15) is 11.4 Å². The molecule has 3 N–H and O–H groups in total. The second-order valence-corrected chi connectivity index (χ2v) is 5.94. The molecule has 0 spiro atoms. The maximum Gasteiger partial charge on any atom is 0.491 e. The summed E-state index contributed by atoms with van der Waals surface area (Å²) in [6, 6.07) is 2.72. The van der Waals surface area contributed by atoms with Crippen LogP contribution in [-0.2, 0) is 26.6 Å². The maximum atomic E-state index is 13.5. The van der Waals surface area contributed by atoms with Gasteiger partial charge in [-0.1, -0.05) is 22.2 Å². The van der Waals surface area contributed by atoms with Crippen LogP contribution in [0.2, 0.25) is 5.02 Å². The van der Waals surface area contributed by atoms with E-state index in [-0.39, 0.29) is 24.3 Å². The second kappa shape index (κ2) is 7.46. The average molecular weight is 440 g/mol. The number of alkyl halides is 3. The molecule has 1 unspecified atom stereocenters. The van der Waals surface area contributed by atoms with Gasteiger partial charge in [0.1, 0.15) is 11.5 Å². The number of nitrogens with one attached hydrogen (secondary N) is 1. The van der Waals surface area contributed by atoms with Gasteiger partial charge in [-0.25, -0.2) is 23.5 Å². The Morgan fingerprint density at radius 1 is 1.38 bits per heavy atom. The molecule has 2 aromatic rings. The Morgan fingerprint density at radius 3 is 2.72 bits per heavy atom. The van der Waals surface area contributed by atoms with Crippen LogP contribution in [0.15, 0.2) is 22.8 Å². The van der Waals surface area contributed by atoms with E-state index in [4.69, 9.17) is 17.3 Å². The third-order valence-corrected chi connectivity index (χ3v) is 3.96. The SMILES string of the molecule is NCCc1nonc1C1(OC(=O)C(F)(F)F)NOC(=O)N1c1ccc(F)c(Cl)c1. The van der Waals surface area contributed by atoms with E-state index in [0.717, 1.165) is 18.2 Å². The first-order valence-electron chi connectivity index (χ1n) is 7.65. The smallest absolute Gasteiger partial charge is 0.408 e. The zero-order valence-electron chi connectivity index (χ0n) is 14.0. The lowest BCUT2D eigenvalue weighted by Gasteiger charge is -2.32. The number of ether oxygens (including phenoxy) is 1. The lowest BCUT2D eigenvalue weighted by Crippen LogP contribution is -2.55. The molecular weight excluding hydrogens is 430 g/mol. The molecule has 0 saturated carbocycles. The van der Waals surface area contributed by atoms with Gasteiger partial charge in [0, 0.05) is 6.42 Å². The van der Waals surface area contributed by atoms with Crippen molar-refractivity contribution in [2.45, 2.75) is 18.4 Å². The number of hydroxylamine groups is 1. The van der Waals surface area contributed by atoms with Crippen LogP contribution in [0, 0.1) is 5.82 Å². The number of amides is 1. The molecule has 3 rings (SSSR count). The largest absolute Gasteiger partial charge is 0.491 e. The van der Waals surface area contributed by atoms with E-state index in [1.165, 1.54) is 0 Å². The molecule has 1 fully saturated rings. The highest BCUT2D eigenvalue weighted by Gasteiger charge is 2.60. The van der Waals surface area contributed by atoms with Crippen molar-refractivity contribution in [1.29, 1.82) is 0 Å². The first kappa shape index (κ1) is 20.8. The van der Waals surface area contributed by atoms with Crippen molar-refractivity contribution in [3.63, 3.8) is 0 Å². The van der Waals surface area contributed by atoms with Crippen molar-refractivity contribution in [2.24, 2.45) is 5.73 Å². The van der Waals surface area contributed by atoms with Crippen LogP contribution in [0.3, 0.4) is 0 Å². The fourth-order valence-corrected chi connectivity index (χ4v) is 2.64. The molecule has 1 aromatic heterocycles. The van der Waals surface area contributed by atoms with Crippen LogP contribution < -0.4 is 16.1 Å². The predicted octanol–water partition coefficient (Wildman–Crippen LogP) is 1.74. The molecule has 1 aliphatic heterocycles. The third-order valence-electron chi connectivity index (χ3n) is 3.67. The number of hydrogen-bond acceptors (Lipinski definition) is 9. The maximum absolute atomic E-state index is 13.5. The third kappa shape index (κ3) is 3.68. The fourth-order valence-electron chi connectivity index (χ4n) is 2.47. The first-order chi connectivity index (χ1) is 13.6. The number of hydrogen-bond donors (Lipinski definition) is 2. The van der Waals surface area contributed by atoms with E-state index in [1.54, 1.807) is 0 Å². The predicted molar refractivity (Wildman–Crippen MR) is 84.4 cm³/mol. The summed E-state index contributed by atoms with van der Waals surface area (Å²) in [5, 5.41) is 6.46. The summed E-state index contributed by atoms with van der Waals surface area (Å²) in [5.41, 5.74) is 6.35. The van der Waals surface area contributed by atoms with E-state index in [1.807, 2.05) is 5.48 Å².